The Balaban J connectivity index is 1.46. The normalized spacial score (nSPS) is 30.7. The maximum atomic E-state index is 12.4. The summed E-state index contributed by atoms with van der Waals surface area (Å²) in [6, 6.07) is 0.551. The van der Waals surface area contributed by atoms with E-state index < -0.39 is 0 Å². The maximum Gasteiger partial charge on any atom is 0.222 e. The van der Waals surface area contributed by atoms with Gasteiger partial charge in [0.25, 0.3) is 0 Å². The molecule has 2 aliphatic heterocycles. The zero-order valence-electron chi connectivity index (χ0n) is 11.8. The van der Waals surface area contributed by atoms with E-state index in [2.05, 4.69) is 10.2 Å². The van der Waals surface area contributed by atoms with E-state index in [1.807, 2.05) is 0 Å². The Hall–Kier alpha value is -0.610. The summed E-state index contributed by atoms with van der Waals surface area (Å²) in [7, 11) is 0. The van der Waals surface area contributed by atoms with Crippen molar-refractivity contribution in [1.29, 1.82) is 0 Å². The molecule has 4 nitrogen and oxygen atoms in total. The largest absolute Gasteiger partial charge is 0.381 e. The van der Waals surface area contributed by atoms with E-state index >= 15 is 0 Å². The van der Waals surface area contributed by atoms with Crippen LogP contribution < -0.4 is 5.32 Å². The second-order valence-electron chi connectivity index (χ2n) is 6.40. The van der Waals surface area contributed by atoms with Gasteiger partial charge in [-0.05, 0) is 51.1 Å². The van der Waals surface area contributed by atoms with Crippen molar-refractivity contribution < 1.29 is 9.53 Å². The van der Waals surface area contributed by atoms with Gasteiger partial charge in [0, 0.05) is 31.5 Å². The van der Waals surface area contributed by atoms with Gasteiger partial charge >= 0.3 is 0 Å². The van der Waals surface area contributed by atoms with Crippen LogP contribution in [0.3, 0.4) is 0 Å². The first-order chi connectivity index (χ1) is 9.33. The fourth-order valence-corrected chi connectivity index (χ4v) is 3.28. The minimum Gasteiger partial charge on any atom is -0.381 e. The Morgan fingerprint density at radius 1 is 1.21 bits per heavy atom. The molecule has 108 valence electrons. The molecule has 1 saturated carbocycles. The summed E-state index contributed by atoms with van der Waals surface area (Å²) < 4.78 is 5.43. The third-order valence-corrected chi connectivity index (χ3v) is 4.72. The Labute approximate surface area is 115 Å². The zero-order chi connectivity index (χ0) is 13.1. The van der Waals surface area contributed by atoms with Crippen LogP contribution in [0.2, 0.25) is 0 Å². The highest BCUT2D eigenvalue weighted by molar-refractivity contribution is 5.76. The molecule has 3 fully saturated rings. The molecule has 3 rings (SSSR count). The summed E-state index contributed by atoms with van der Waals surface area (Å²) in [5, 5.41) is 3.38. The molecule has 4 heteroatoms. The molecule has 0 bridgehead atoms. The van der Waals surface area contributed by atoms with Crippen LogP contribution in [0.4, 0.5) is 0 Å². The van der Waals surface area contributed by atoms with E-state index in [1.165, 1.54) is 19.3 Å². The second-order valence-corrected chi connectivity index (χ2v) is 6.40. The molecule has 19 heavy (non-hydrogen) atoms. The summed E-state index contributed by atoms with van der Waals surface area (Å²) in [5.41, 5.74) is 0. The third-order valence-electron chi connectivity index (χ3n) is 4.72. The summed E-state index contributed by atoms with van der Waals surface area (Å²) in [6.07, 6.45) is 6.61. The van der Waals surface area contributed by atoms with E-state index in [-0.39, 0.29) is 0 Å². The van der Waals surface area contributed by atoms with Crippen LogP contribution in [0.1, 0.15) is 38.5 Å². The molecule has 2 saturated heterocycles. The van der Waals surface area contributed by atoms with Gasteiger partial charge in [-0.2, -0.15) is 0 Å². The number of nitrogens with zero attached hydrogens (tertiary/aromatic N) is 1. The van der Waals surface area contributed by atoms with Crippen molar-refractivity contribution in [2.45, 2.75) is 44.6 Å². The number of carbonyl (C=O) groups is 1. The minimum atomic E-state index is 0.390. The highest BCUT2D eigenvalue weighted by atomic mass is 16.5. The van der Waals surface area contributed by atoms with Crippen molar-refractivity contribution in [1.82, 2.24) is 10.2 Å². The molecule has 2 heterocycles. The van der Waals surface area contributed by atoms with Gasteiger partial charge in [0.2, 0.25) is 5.91 Å². The first kappa shape index (κ1) is 13.4. The van der Waals surface area contributed by atoms with Crippen LogP contribution in [0, 0.1) is 11.8 Å². The molecule has 0 aromatic carbocycles. The molecule has 1 amide bonds. The lowest BCUT2D eigenvalue weighted by Gasteiger charge is -2.25. The molecule has 3 aliphatic rings. The summed E-state index contributed by atoms with van der Waals surface area (Å²) in [6.45, 7) is 4.90. The summed E-state index contributed by atoms with van der Waals surface area (Å²) in [4.78, 5) is 14.6. The Morgan fingerprint density at radius 2 is 2.11 bits per heavy atom. The highest BCUT2D eigenvalue weighted by Crippen LogP contribution is 2.30. The average Bonchev–Trinajstić information content (AvgIpc) is 2.94. The van der Waals surface area contributed by atoms with Gasteiger partial charge < -0.3 is 15.0 Å². The smallest absolute Gasteiger partial charge is 0.222 e. The molecule has 2 unspecified atom stereocenters. The molecular formula is C15H26N2O2. The molecule has 1 aliphatic carbocycles. The monoisotopic (exact) mass is 266 g/mol. The number of amides is 1. The minimum absolute atomic E-state index is 0.390. The molecule has 0 spiro atoms. The molecule has 1 N–H and O–H groups in total. The SMILES string of the molecule is O=C(CCC1CCNC1)N(CC1CCOC1)C1CC1. The predicted molar refractivity (Wildman–Crippen MR) is 73.9 cm³/mol. The second kappa shape index (κ2) is 6.23. The molecule has 0 aromatic rings. The Morgan fingerprint density at radius 3 is 2.74 bits per heavy atom. The molecule has 0 aromatic heterocycles. The third kappa shape index (κ3) is 3.69. The van der Waals surface area contributed by atoms with Crippen LogP contribution in [0.15, 0.2) is 0 Å². The first-order valence-corrected chi connectivity index (χ1v) is 7.91. The first-order valence-electron chi connectivity index (χ1n) is 7.91. The van der Waals surface area contributed by atoms with Crippen molar-refractivity contribution in [2.75, 3.05) is 32.8 Å². The summed E-state index contributed by atoms with van der Waals surface area (Å²) in [5.74, 6) is 1.69. The lowest BCUT2D eigenvalue weighted by Crippen LogP contribution is -2.37. The van der Waals surface area contributed by atoms with Crippen LogP contribution in [-0.4, -0.2) is 49.7 Å². The van der Waals surface area contributed by atoms with Crippen LogP contribution in [-0.2, 0) is 9.53 Å². The molecule has 2 atom stereocenters. The van der Waals surface area contributed by atoms with Crippen LogP contribution in [0.25, 0.3) is 0 Å². The summed E-state index contributed by atoms with van der Waals surface area (Å²) >= 11 is 0. The standard InChI is InChI=1S/C15H26N2O2/c18-15(4-1-12-5-7-16-9-12)17(14-2-3-14)10-13-6-8-19-11-13/h12-14,16H,1-11H2. The fourth-order valence-electron chi connectivity index (χ4n) is 3.28. The Kier molecular flexibility index (Phi) is 4.38. The van der Waals surface area contributed by atoms with Gasteiger partial charge in [-0.1, -0.05) is 0 Å². The number of carbonyl (C=O) groups excluding carboxylic acids is 1. The van der Waals surface area contributed by atoms with Crippen LogP contribution in [0.5, 0.6) is 0 Å². The predicted octanol–water partition coefficient (Wildman–Crippen LogP) is 1.40. The quantitative estimate of drug-likeness (QED) is 0.790. The van der Waals surface area contributed by atoms with E-state index in [9.17, 15) is 4.79 Å². The van der Waals surface area contributed by atoms with E-state index in [1.54, 1.807) is 0 Å². The average molecular weight is 266 g/mol. The van der Waals surface area contributed by atoms with Crippen LogP contribution >= 0.6 is 0 Å². The van der Waals surface area contributed by atoms with Gasteiger partial charge in [-0.25, -0.2) is 0 Å². The maximum absolute atomic E-state index is 12.4. The van der Waals surface area contributed by atoms with Gasteiger partial charge in [0.1, 0.15) is 0 Å². The van der Waals surface area contributed by atoms with E-state index in [4.69, 9.17) is 4.74 Å². The van der Waals surface area contributed by atoms with Gasteiger partial charge in [-0.15, -0.1) is 0 Å². The number of nitrogens with one attached hydrogen (secondary N) is 1. The van der Waals surface area contributed by atoms with E-state index in [0.717, 1.165) is 58.0 Å². The Bertz CT molecular complexity index is 305. The van der Waals surface area contributed by atoms with Crippen molar-refractivity contribution in [3.63, 3.8) is 0 Å². The zero-order valence-corrected chi connectivity index (χ0v) is 11.8. The van der Waals surface area contributed by atoms with Crippen molar-refractivity contribution in [3.8, 4) is 0 Å². The van der Waals surface area contributed by atoms with Crippen molar-refractivity contribution in [3.05, 3.63) is 0 Å². The van der Waals surface area contributed by atoms with Gasteiger partial charge in [0.05, 0.1) is 6.61 Å². The lowest BCUT2D eigenvalue weighted by atomic mass is 10.0. The highest BCUT2D eigenvalue weighted by Gasteiger charge is 2.34. The van der Waals surface area contributed by atoms with Crippen molar-refractivity contribution in [2.24, 2.45) is 11.8 Å². The molecular weight excluding hydrogens is 240 g/mol. The van der Waals surface area contributed by atoms with Gasteiger partial charge in [-0.3, -0.25) is 4.79 Å². The number of rotatable bonds is 6. The molecule has 0 radical (unpaired) electrons. The number of ether oxygens (including phenoxy) is 1. The van der Waals surface area contributed by atoms with Gasteiger partial charge in [0.15, 0.2) is 0 Å². The topological polar surface area (TPSA) is 41.6 Å². The van der Waals surface area contributed by atoms with E-state index in [0.29, 0.717) is 17.9 Å². The van der Waals surface area contributed by atoms with Crippen molar-refractivity contribution >= 4 is 5.91 Å². The number of hydrogen-bond donors (Lipinski definition) is 1. The lowest BCUT2D eigenvalue weighted by molar-refractivity contribution is -0.132. The number of hydrogen-bond acceptors (Lipinski definition) is 3. The fraction of sp³-hybridized carbons (Fsp3) is 0.933.